The summed E-state index contributed by atoms with van der Waals surface area (Å²) in [4.78, 5) is 22.3. The summed E-state index contributed by atoms with van der Waals surface area (Å²) < 4.78 is 37.1. The van der Waals surface area contributed by atoms with Crippen LogP contribution in [0, 0.1) is 10.1 Å². The lowest BCUT2D eigenvalue weighted by Gasteiger charge is -2.20. The number of alkyl halides is 3. The summed E-state index contributed by atoms with van der Waals surface area (Å²) in [6.45, 7) is 1.66. The van der Waals surface area contributed by atoms with Crippen molar-refractivity contribution in [3.63, 3.8) is 0 Å². The van der Waals surface area contributed by atoms with Crippen LogP contribution in [-0.2, 0) is 4.79 Å². The van der Waals surface area contributed by atoms with E-state index in [-0.39, 0.29) is 12.2 Å². The van der Waals surface area contributed by atoms with E-state index in [1.807, 2.05) is 0 Å². The summed E-state index contributed by atoms with van der Waals surface area (Å²) in [5.74, 6) is -0.858. The van der Waals surface area contributed by atoms with E-state index in [4.69, 9.17) is 0 Å². The largest absolute Gasteiger partial charge is 0.406 e. The molecule has 0 bridgehead atoms. The molecule has 1 rings (SSSR count). The Kier molecular flexibility index (Phi) is 5.85. The van der Waals surface area contributed by atoms with E-state index in [1.165, 1.54) is 36.4 Å². The Morgan fingerprint density at radius 1 is 1.41 bits per heavy atom. The Morgan fingerprint density at radius 3 is 2.64 bits per heavy atom. The molecule has 0 saturated carbocycles. The highest BCUT2D eigenvalue weighted by atomic mass is 19.4. The minimum atomic E-state index is -4.52. The maximum Gasteiger partial charge on any atom is 0.406 e. The van der Waals surface area contributed by atoms with E-state index in [9.17, 15) is 28.1 Å². The molecule has 0 aliphatic rings. The van der Waals surface area contributed by atoms with Crippen molar-refractivity contribution in [2.75, 3.05) is 13.1 Å². The molecule has 0 saturated heterocycles. The van der Waals surface area contributed by atoms with Gasteiger partial charge in [-0.25, -0.2) is 0 Å². The third-order valence-corrected chi connectivity index (χ3v) is 2.53. The highest BCUT2D eigenvalue weighted by Gasteiger charge is 2.31. The Balaban J connectivity index is 2.86. The van der Waals surface area contributed by atoms with Crippen molar-refractivity contribution in [2.24, 2.45) is 0 Å². The van der Waals surface area contributed by atoms with Crippen LogP contribution in [0.2, 0.25) is 0 Å². The van der Waals surface area contributed by atoms with Crippen molar-refractivity contribution in [1.29, 1.82) is 0 Å². The first-order chi connectivity index (χ1) is 10.2. The molecule has 0 unspecified atom stereocenters. The fourth-order valence-corrected chi connectivity index (χ4v) is 1.62. The van der Waals surface area contributed by atoms with E-state index in [1.54, 1.807) is 0 Å². The monoisotopic (exact) mass is 314 g/mol. The molecule has 0 atom stereocenters. The average Bonchev–Trinajstić information content (AvgIpc) is 2.43. The van der Waals surface area contributed by atoms with Gasteiger partial charge < -0.3 is 4.90 Å². The Hall–Kier alpha value is -2.64. The number of nitrogens with zero attached hydrogens (tertiary/aromatic N) is 2. The molecule has 0 aliphatic carbocycles. The third kappa shape index (κ3) is 5.78. The summed E-state index contributed by atoms with van der Waals surface area (Å²) in [5.41, 5.74) is 0.168. The van der Waals surface area contributed by atoms with Gasteiger partial charge in [0.2, 0.25) is 5.91 Å². The number of benzene rings is 1. The Bertz CT molecular complexity index is 597. The highest BCUT2D eigenvalue weighted by molar-refractivity contribution is 5.92. The van der Waals surface area contributed by atoms with Gasteiger partial charge in [0.1, 0.15) is 6.54 Å². The van der Waals surface area contributed by atoms with Gasteiger partial charge in [-0.3, -0.25) is 14.9 Å². The molecular weight excluding hydrogens is 301 g/mol. The van der Waals surface area contributed by atoms with Crippen molar-refractivity contribution in [3.8, 4) is 0 Å². The number of hydrogen-bond acceptors (Lipinski definition) is 3. The first kappa shape index (κ1) is 17.4. The summed E-state index contributed by atoms with van der Waals surface area (Å²) in [5, 5.41) is 10.6. The first-order valence-electron chi connectivity index (χ1n) is 6.12. The number of carbonyl (C=O) groups is 1. The van der Waals surface area contributed by atoms with Gasteiger partial charge in [-0.2, -0.15) is 13.2 Å². The molecular formula is C14H13F3N2O3. The quantitative estimate of drug-likeness (QED) is 0.350. The van der Waals surface area contributed by atoms with Gasteiger partial charge in [-0.15, -0.1) is 6.58 Å². The minimum Gasteiger partial charge on any atom is -0.326 e. The lowest BCUT2D eigenvalue weighted by Crippen LogP contribution is -2.38. The summed E-state index contributed by atoms with van der Waals surface area (Å²) in [6, 6.07) is 5.40. The van der Waals surface area contributed by atoms with Crippen LogP contribution in [0.1, 0.15) is 5.56 Å². The molecule has 8 heteroatoms. The van der Waals surface area contributed by atoms with Crippen LogP contribution >= 0.6 is 0 Å². The third-order valence-electron chi connectivity index (χ3n) is 2.53. The second-order valence-electron chi connectivity index (χ2n) is 4.31. The average molecular weight is 314 g/mol. The molecule has 0 aliphatic heterocycles. The molecule has 1 aromatic carbocycles. The number of hydrogen-bond donors (Lipinski definition) is 0. The second-order valence-corrected chi connectivity index (χ2v) is 4.31. The normalized spacial score (nSPS) is 11.4. The van der Waals surface area contributed by atoms with Gasteiger partial charge in [0, 0.05) is 24.8 Å². The maximum absolute atomic E-state index is 12.4. The molecule has 0 radical (unpaired) electrons. The lowest BCUT2D eigenvalue weighted by atomic mass is 10.2. The summed E-state index contributed by atoms with van der Waals surface area (Å²) in [7, 11) is 0. The molecule has 0 N–H and O–H groups in total. The molecule has 1 aromatic rings. The van der Waals surface area contributed by atoms with Crippen molar-refractivity contribution in [2.45, 2.75) is 6.18 Å². The van der Waals surface area contributed by atoms with Crippen LogP contribution in [-0.4, -0.2) is 35.0 Å². The zero-order valence-electron chi connectivity index (χ0n) is 11.4. The van der Waals surface area contributed by atoms with E-state index in [0.717, 1.165) is 6.08 Å². The number of amides is 1. The number of nitro benzene ring substituents is 1. The van der Waals surface area contributed by atoms with Crippen molar-refractivity contribution < 1.29 is 22.9 Å². The fourth-order valence-electron chi connectivity index (χ4n) is 1.62. The number of rotatable bonds is 6. The van der Waals surface area contributed by atoms with Crippen molar-refractivity contribution >= 4 is 17.7 Å². The number of halogens is 3. The van der Waals surface area contributed by atoms with E-state index in [2.05, 4.69) is 6.58 Å². The zero-order chi connectivity index (χ0) is 16.8. The van der Waals surface area contributed by atoms with Crippen molar-refractivity contribution in [3.05, 3.63) is 58.7 Å². The number of nitro groups is 1. The molecule has 1 amide bonds. The van der Waals surface area contributed by atoms with Crippen LogP contribution in [0.4, 0.5) is 18.9 Å². The number of non-ortho nitro benzene ring substituents is 1. The van der Waals surface area contributed by atoms with Crippen LogP contribution in [0.15, 0.2) is 43.0 Å². The van der Waals surface area contributed by atoms with Crippen LogP contribution in [0.5, 0.6) is 0 Å². The predicted octanol–water partition coefficient (Wildman–Crippen LogP) is 3.18. The van der Waals surface area contributed by atoms with Crippen LogP contribution in [0.25, 0.3) is 6.08 Å². The standard InChI is InChI=1S/C14H13F3N2O3/c1-2-8-18(10-14(15,16)17)13(20)7-6-11-4-3-5-12(9-11)19(21)22/h2-7,9H,1,8,10H2/b7-6+. The van der Waals surface area contributed by atoms with Gasteiger partial charge in [0.15, 0.2) is 0 Å². The van der Waals surface area contributed by atoms with Crippen LogP contribution < -0.4 is 0 Å². The molecule has 0 aromatic heterocycles. The second kappa shape index (κ2) is 7.39. The van der Waals surface area contributed by atoms with E-state index < -0.39 is 23.6 Å². The van der Waals surface area contributed by atoms with Gasteiger partial charge in [-0.1, -0.05) is 18.2 Å². The molecule has 118 valence electrons. The summed E-state index contributed by atoms with van der Waals surface area (Å²) in [6.07, 6.45) is -1.17. The highest BCUT2D eigenvalue weighted by Crippen LogP contribution is 2.17. The number of carbonyl (C=O) groups excluding carboxylic acids is 1. The van der Waals surface area contributed by atoms with Gasteiger partial charge in [0.05, 0.1) is 4.92 Å². The summed E-state index contributed by atoms with van der Waals surface area (Å²) >= 11 is 0. The molecule has 0 fully saturated rings. The maximum atomic E-state index is 12.4. The van der Waals surface area contributed by atoms with Gasteiger partial charge in [-0.05, 0) is 11.6 Å². The predicted molar refractivity (Wildman–Crippen MR) is 75.0 cm³/mol. The molecule has 22 heavy (non-hydrogen) atoms. The van der Waals surface area contributed by atoms with Gasteiger partial charge >= 0.3 is 6.18 Å². The van der Waals surface area contributed by atoms with E-state index >= 15 is 0 Å². The first-order valence-corrected chi connectivity index (χ1v) is 6.12. The molecule has 0 heterocycles. The fraction of sp³-hybridized carbons (Fsp3) is 0.214. The zero-order valence-corrected chi connectivity index (χ0v) is 11.4. The SMILES string of the molecule is C=CCN(CC(F)(F)F)C(=O)/C=C/c1cccc([N+](=O)[O-])c1. The topological polar surface area (TPSA) is 63.5 Å². The molecule has 0 spiro atoms. The Labute approximate surface area is 124 Å². The Morgan fingerprint density at radius 2 is 2.09 bits per heavy atom. The van der Waals surface area contributed by atoms with E-state index in [0.29, 0.717) is 10.5 Å². The smallest absolute Gasteiger partial charge is 0.326 e. The minimum absolute atomic E-state index is 0.173. The van der Waals surface area contributed by atoms with Crippen LogP contribution in [0.3, 0.4) is 0 Å². The molecule has 5 nitrogen and oxygen atoms in total. The van der Waals surface area contributed by atoms with Gasteiger partial charge in [0.25, 0.3) is 5.69 Å². The lowest BCUT2D eigenvalue weighted by molar-refractivity contribution is -0.384. The van der Waals surface area contributed by atoms with Crippen molar-refractivity contribution in [1.82, 2.24) is 4.90 Å².